The molecule has 1 N–H and O–H groups in total. The zero-order valence-corrected chi connectivity index (χ0v) is 20.4. The second kappa shape index (κ2) is 11.4. The minimum atomic E-state index is -2.43. The van der Waals surface area contributed by atoms with E-state index in [0.29, 0.717) is 66.4 Å². The van der Waals surface area contributed by atoms with Gasteiger partial charge in [-0.1, -0.05) is 37.3 Å². The highest BCUT2D eigenvalue weighted by atomic mass is 32.2. The Balaban J connectivity index is 1.28. The van der Waals surface area contributed by atoms with Gasteiger partial charge >= 0.3 is 0 Å². The highest BCUT2D eigenvalue weighted by Gasteiger charge is 2.50. The number of carbonyl (C=O) groups excluding carboxylic acids is 2. The van der Waals surface area contributed by atoms with Crippen LogP contribution in [0.2, 0.25) is 0 Å². The van der Waals surface area contributed by atoms with E-state index in [2.05, 4.69) is 0 Å². The van der Waals surface area contributed by atoms with E-state index in [0.717, 1.165) is 0 Å². The van der Waals surface area contributed by atoms with Gasteiger partial charge in [0.15, 0.2) is 0 Å². The van der Waals surface area contributed by atoms with E-state index >= 15 is 0 Å². The van der Waals surface area contributed by atoms with Gasteiger partial charge < -0.3 is 14.2 Å². The van der Waals surface area contributed by atoms with Gasteiger partial charge in [0, 0.05) is 17.5 Å². The number of imide groups is 1. The molecule has 3 aromatic rings. The minimum Gasteiger partial charge on any atom is -0.493 e. The van der Waals surface area contributed by atoms with Gasteiger partial charge in [0.25, 0.3) is 16.1 Å². The molecule has 0 aromatic heterocycles. The molecule has 2 amide bonds. The minimum absolute atomic E-state index is 0.0697. The number of hydrogen-bond acceptors (Lipinski definition) is 6. The SMILES string of the molecule is CCC(F)c1cc(OCCCOc2ccc(C3(F)SC(=O)NC3=O)cc2)ccc1Oc1ccccc1. The maximum atomic E-state index is 14.8. The Morgan fingerprint density at radius 2 is 1.58 bits per heavy atom. The van der Waals surface area contributed by atoms with Gasteiger partial charge in [0.2, 0.25) is 0 Å². The van der Waals surface area contributed by atoms with E-state index in [1.54, 1.807) is 25.1 Å². The summed E-state index contributed by atoms with van der Waals surface area (Å²) >= 11 is 0.307. The van der Waals surface area contributed by atoms with Crippen molar-refractivity contribution in [3.8, 4) is 23.0 Å². The number of hydrogen-bond donors (Lipinski definition) is 1. The Labute approximate surface area is 211 Å². The lowest BCUT2D eigenvalue weighted by atomic mass is 10.1. The van der Waals surface area contributed by atoms with Crippen LogP contribution in [0.4, 0.5) is 13.6 Å². The van der Waals surface area contributed by atoms with Crippen LogP contribution in [0.15, 0.2) is 72.8 Å². The molecule has 0 spiro atoms. The smallest absolute Gasteiger partial charge is 0.289 e. The van der Waals surface area contributed by atoms with Crippen LogP contribution in [0.3, 0.4) is 0 Å². The molecular formula is C27H25F2NO5S. The summed E-state index contributed by atoms with van der Waals surface area (Å²) in [5, 5.41) is -1.20. The highest BCUT2D eigenvalue weighted by molar-refractivity contribution is 8.15. The number of halogens is 2. The fourth-order valence-corrected chi connectivity index (χ4v) is 4.35. The maximum absolute atomic E-state index is 14.8. The average molecular weight is 514 g/mol. The van der Waals surface area contributed by atoms with Crippen molar-refractivity contribution in [2.24, 2.45) is 0 Å². The summed E-state index contributed by atoms with van der Waals surface area (Å²) in [7, 11) is 0. The number of para-hydroxylation sites is 1. The number of carbonyl (C=O) groups is 2. The Kier molecular flexibility index (Phi) is 8.10. The van der Waals surface area contributed by atoms with E-state index in [9.17, 15) is 18.4 Å². The van der Waals surface area contributed by atoms with Crippen molar-refractivity contribution in [2.75, 3.05) is 13.2 Å². The highest BCUT2D eigenvalue weighted by Crippen LogP contribution is 2.43. The summed E-state index contributed by atoms with van der Waals surface area (Å²) in [6.07, 6.45) is -0.329. The molecule has 36 heavy (non-hydrogen) atoms. The number of amides is 2. The first-order chi connectivity index (χ1) is 17.4. The quantitative estimate of drug-likeness (QED) is 0.283. The van der Waals surface area contributed by atoms with E-state index in [1.807, 2.05) is 35.6 Å². The standard InChI is InChI=1S/C27H25F2NO5S/c1-2-23(28)22-17-21(13-14-24(22)35-20-7-4-3-5-8-20)34-16-6-15-33-19-11-9-18(10-12-19)27(29)25(31)30-26(32)36-27/h3-5,7-14,17,23H,2,6,15-16H2,1H3,(H,30,31,32). The Hall–Kier alpha value is -3.59. The number of thioether (sulfide) groups is 1. The van der Waals surface area contributed by atoms with Crippen LogP contribution in [-0.4, -0.2) is 24.4 Å². The van der Waals surface area contributed by atoms with Crippen LogP contribution < -0.4 is 19.5 Å². The molecule has 2 unspecified atom stereocenters. The summed E-state index contributed by atoms with van der Waals surface area (Å²) in [6, 6.07) is 20.2. The average Bonchev–Trinajstić information content (AvgIpc) is 3.16. The second-order valence-corrected chi connectivity index (χ2v) is 9.14. The largest absolute Gasteiger partial charge is 0.493 e. The van der Waals surface area contributed by atoms with Gasteiger partial charge in [-0.3, -0.25) is 14.9 Å². The monoisotopic (exact) mass is 513 g/mol. The summed E-state index contributed by atoms with van der Waals surface area (Å²) in [4.78, 5) is 23.0. The first-order valence-electron chi connectivity index (χ1n) is 11.5. The lowest BCUT2D eigenvalue weighted by Crippen LogP contribution is -2.30. The molecule has 4 rings (SSSR count). The summed E-state index contributed by atoms with van der Waals surface area (Å²) in [5.74, 6) is 1.11. The van der Waals surface area contributed by atoms with Gasteiger partial charge in [-0.05, 0) is 60.6 Å². The van der Waals surface area contributed by atoms with Crippen molar-refractivity contribution < 1.29 is 32.6 Å². The number of alkyl halides is 2. The molecule has 0 saturated carbocycles. The van der Waals surface area contributed by atoms with E-state index in [-0.39, 0.29) is 5.56 Å². The Morgan fingerprint density at radius 3 is 2.22 bits per heavy atom. The zero-order chi connectivity index (χ0) is 25.5. The first kappa shape index (κ1) is 25.5. The van der Waals surface area contributed by atoms with Crippen molar-refractivity contribution in [2.45, 2.75) is 30.9 Å². The van der Waals surface area contributed by atoms with Crippen LogP contribution >= 0.6 is 11.8 Å². The number of ether oxygens (including phenoxy) is 3. The topological polar surface area (TPSA) is 73.9 Å². The number of benzene rings is 3. The molecule has 1 heterocycles. The van der Waals surface area contributed by atoms with Gasteiger partial charge in [0.05, 0.1) is 13.2 Å². The van der Waals surface area contributed by atoms with E-state index < -0.39 is 22.3 Å². The summed E-state index contributed by atoms with van der Waals surface area (Å²) < 4.78 is 46.7. The van der Waals surface area contributed by atoms with Gasteiger partial charge in [-0.15, -0.1) is 0 Å². The van der Waals surface area contributed by atoms with Gasteiger partial charge in [-0.25, -0.2) is 8.78 Å². The molecule has 1 aliphatic rings. The van der Waals surface area contributed by atoms with Crippen LogP contribution in [0.1, 0.15) is 37.1 Å². The van der Waals surface area contributed by atoms with Crippen molar-refractivity contribution in [3.63, 3.8) is 0 Å². The predicted octanol–water partition coefficient (Wildman–Crippen LogP) is 6.85. The van der Waals surface area contributed by atoms with Gasteiger partial charge in [0.1, 0.15) is 29.2 Å². The fourth-order valence-electron chi connectivity index (χ4n) is 3.56. The molecule has 3 aromatic carbocycles. The zero-order valence-electron chi connectivity index (χ0n) is 19.5. The second-order valence-electron chi connectivity index (χ2n) is 8.00. The van der Waals surface area contributed by atoms with E-state index in [4.69, 9.17) is 14.2 Å². The lowest BCUT2D eigenvalue weighted by Gasteiger charge is -2.16. The maximum Gasteiger partial charge on any atom is 0.289 e. The number of rotatable bonds is 11. The van der Waals surface area contributed by atoms with Crippen LogP contribution in [0.25, 0.3) is 0 Å². The Bertz CT molecular complexity index is 1210. The lowest BCUT2D eigenvalue weighted by molar-refractivity contribution is -0.126. The van der Waals surface area contributed by atoms with Crippen LogP contribution in [0.5, 0.6) is 23.0 Å². The third-order valence-corrected chi connectivity index (χ3v) is 6.43. The molecule has 1 fully saturated rings. The molecule has 188 valence electrons. The molecular weight excluding hydrogens is 488 g/mol. The third kappa shape index (κ3) is 5.96. The molecule has 6 nitrogen and oxygen atoms in total. The Morgan fingerprint density at radius 1 is 0.917 bits per heavy atom. The van der Waals surface area contributed by atoms with E-state index in [1.165, 1.54) is 24.3 Å². The van der Waals surface area contributed by atoms with Crippen molar-refractivity contribution in [1.82, 2.24) is 5.32 Å². The normalized spacial score (nSPS) is 18.0. The molecule has 0 aliphatic carbocycles. The van der Waals surface area contributed by atoms with Crippen LogP contribution in [-0.2, 0) is 9.80 Å². The van der Waals surface area contributed by atoms with Crippen molar-refractivity contribution in [1.29, 1.82) is 0 Å². The molecule has 1 aliphatic heterocycles. The molecule has 2 atom stereocenters. The third-order valence-electron chi connectivity index (χ3n) is 5.44. The van der Waals surface area contributed by atoms with Gasteiger partial charge in [-0.2, -0.15) is 0 Å². The summed E-state index contributed by atoms with van der Waals surface area (Å²) in [5.41, 5.74) is 0.497. The predicted molar refractivity (Wildman–Crippen MR) is 133 cm³/mol. The fraction of sp³-hybridized carbons (Fsp3) is 0.259. The molecule has 1 saturated heterocycles. The van der Waals surface area contributed by atoms with Crippen LogP contribution in [0, 0.1) is 0 Å². The summed E-state index contributed by atoms with van der Waals surface area (Å²) in [6.45, 7) is 2.44. The first-order valence-corrected chi connectivity index (χ1v) is 12.3. The number of nitrogens with one attached hydrogen (secondary N) is 1. The molecule has 0 bridgehead atoms. The van der Waals surface area contributed by atoms with Crippen molar-refractivity contribution >= 4 is 22.9 Å². The van der Waals surface area contributed by atoms with Crippen molar-refractivity contribution in [3.05, 3.63) is 83.9 Å². The molecule has 9 heteroatoms. The molecule has 0 radical (unpaired) electrons.